The normalized spacial score (nSPS) is 12.6. The fraction of sp³-hybridized carbons (Fsp3) is 0.0968. The van der Waals surface area contributed by atoms with Crippen LogP contribution in [0, 0.1) is 0 Å². The van der Waals surface area contributed by atoms with Gasteiger partial charge in [0.25, 0.3) is 0 Å². The summed E-state index contributed by atoms with van der Waals surface area (Å²) in [6.07, 6.45) is 0.579. The van der Waals surface area contributed by atoms with Crippen LogP contribution in [0.15, 0.2) is 121 Å². The number of hydrogen-bond acceptors (Lipinski definition) is 2. The van der Waals surface area contributed by atoms with E-state index in [1.807, 2.05) is 30.3 Å². The van der Waals surface area contributed by atoms with Crippen molar-refractivity contribution in [2.75, 3.05) is 14.2 Å². The van der Waals surface area contributed by atoms with Crippen LogP contribution in [0.5, 0.6) is 11.5 Å². The summed E-state index contributed by atoms with van der Waals surface area (Å²) in [6, 6.07) is 41.8. The zero-order valence-corrected chi connectivity index (χ0v) is 21.5. The third kappa shape index (κ3) is 3.78. The zero-order valence-electron chi connectivity index (χ0n) is 19.9. The Morgan fingerprint density at radius 2 is 1.00 bits per heavy atom. The van der Waals surface area contributed by atoms with E-state index in [0.717, 1.165) is 43.7 Å². The van der Waals surface area contributed by atoms with E-state index in [9.17, 15) is 0 Å². The predicted octanol–water partition coefficient (Wildman–Crippen LogP) is 7.04. The standard InChI is InChI=1S/C31H28ClO2P/c1-33-30-22-24(31(34-2)29-21-13-12-20-28(29)30)23-35(32,25-14-6-3-7-15-25,26-16-8-4-9-17-26)27-18-10-5-11-19-27/h3-22H,23H2,1-2H3. The molecule has 0 aliphatic carbocycles. The van der Waals surface area contributed by atoms with E-state index in [1.54, 1.807) is 14.2 Å². The quantitative estimate of drug-likeness (QED) is 0.224. The molecular formula is C31H28ClO2P. The molecule has 0 aliphatic rings. The molecule has 0 atom stereocenters. The van der Waals surface area contributed by atoms with Crippen LogP contribution in [-0.4, -0.2) is 14.2 Å². The van der Waals surface area contributed by atoms with Gasteiger partial charge in [-0.25, -0.2) is 0 Å². The Morgan fingerprint density at radius 1 is 0.571 bits per heavy atom. The minimum absolute atomic E-state index is 0.579. The van der Waals surface area contributed by atoms with Gasteiger partial charge in [-0.1, -0.05) is 0 Å². The van der Waals surface area contributed by atoms with E-state index in [0.29, 0.717) is 6.16 Å². The molecule has 0 radical (unpaired) electrons. The molecule has 0 saturated heterocycles. The average Bonchev–Trinajstić information content (AvgIpc) is 2.94. The Labute approximate surface area is 211 Å². The molecule has 0 N–H and O–H groups in total. The average molecular weight is 499 g/mol. The van der Waals surface area contributed by atoms with Gasteiger partial charge in [-0.05, 0) is 0 Å². The Hall–Kier alpha value is -3.32. The Kier molecular flexibility index (Phi) is 6.28. The van der Waals surface area contributed by atoms with Crippen LogP contribution < -0.4 is 25.4 Å². The van der Waals surface area contributed by atoms with Crippen molar-refractivity contribution < 1.29 is 9.47 Å². The van der Waals surface area contributed by atoms with Gasteiger partial charge >= 0.3 is 212 Å². The summed E-state index contributed by atoms with van der Waals surface area (Å²) >= 11 is 8.32. The van der Waals surface area contributed by atoms with Gasteiger partial charge in [0.1, 0.15) is 0 Å². The maximum atomic E-state index is 8.32. The van der Waals surface area contributed by atoms with E-state index in [4.69, 9.17) is 20.7 Å². The van der Waals surface area contributed by atoms with Gasteiger partial charge in [0.05, 0.1) is 0 Å². The van der Waals surface area contributed by atoms with Crippen molar-refractivity contribution in [2.45, 2.75) is 6.16 Å². The number of benzene rings is 5. The van der Waals surface area contributed by atoms with Crippen LogP contribution in [0.25, 0.3) is 10.8 Å². The van der Waals surface area contributed by atoms with Gasteiger partial charge in [-0.3, -0.25) is 0 Å². The van der Waals surface area contributed by atoms with Crippen molar-refractivity contribution in [1.82, 2.24) is 0 Å². The molecule has 0 bridgehead atoms. The minimum atomic E-state index is -3.52. The second kappa shape index (κ2) is 9.38. The van der Waals surface area contributed by atoms with Gasteiger partial charge in [-0.15, -0.1) is 0 Å². The van der Waals surface area contributed by atoms with Crippen molar-refractivity contribution >= 4 is 43.9 Å². The van der Waals surface area contributed by atoms with Crippen molar-refractivity contribution in [3.05, 3.63) is 127 Å². The first-order valence-electron chi connectivity index (χ1n) is 11.6. The predicted molar refractivity (Wildman–Crippen MR) is 152 cm³/mol. The number of hydrogen-bond donors (Lipinski definition) is 0. The van der Waals surface area contributed by atoms with Crippen LogP contribution in [0.4, 0.5) is 0 Å². The Morgan fingerprint density at radius 3 is 1.43 bits per heavy atom. The molecule has 0 aromatic heterocycles. The summed E-state index contributed by atoms with van der Waals surface area (Å²) in [4.78, 5) is 0. The van der Waals surface area contributed by atoms with E-state index in [-0.39, 0.29) is 0 Å². The summed E-state index contributed by atoms with van der Waals surface area (Å²) in [7, 11) is 3.44. The molecule has 5 aromatic carbocycles. The fourth-order valence-electron chi connectivity index (χ4n) is 5.16. The van der Waals surface area contributed by atoms with Crippen molar-refractivity contribution in [3.8, 4) is 11.5 Å². The van der Waals surface area contributed by atoms with Crippen LogP contribution >= 0.6 is 17.2 Å². The molecule has 0 spiro atoms. The molecule has 35 heavy (non-hydrogen) atoms. The van der Waals surface area contributed by atoms with Crippen LogP contribution in [0.3, 0.4) is 0 Å². The van der Waals surface area contributed by atoms with Crippen molar-refractivity contribution in [3.63, 3.8) is 0 Å². The summed E-state index contributed by atoms with van der Waals surface area (Å²) in [6.45, 7) is 0. The first-order valence-corrected chi connectivity index (χ1v) is 14.9. The van der Waals surface area contributed by atoms with Gasteiger partial charge in [0.2, 0.25) is 0 Å². The monoisotopic (exact) mass is 498 g/mol. The summed E-state index contributed by atoms with van der Waals surface area (Å²) < 4.78 is 11.9. The SMILES string of the molecule is COc1cc(CP(Cl)(c2ccccc2)(c2ccccc2)c2ccccc2)c(OC)c2ccccc12. The third-order valence-electron chi connectivity index (χ3n) is 6.81. The Bertz CT molecular complexity index is 1350. The fourth-order valence-corrected chi connectivity index (χ4v) is 11.3. The van der Waals surface area contributed by atoms with Crippen molar-refractivity contribution in [2.24, 2.45) is 0 Å². The molecule has 0 saturated carbocycles. The first kappa shape index (κ1) is 23.4. The van der Waals surface area contributed by atoms with E-state index >= 15 is 0 Å². The maximum absolute atomic E-state index is 8.32. The summed E-state index contributed by atoms with van der Waals surface area (Å²) in [5.41, 5.74) is 1.02. The summed E-state index contributed by atoms with van der Waals surface area (Å²) in [5.74, 6) is -1.88. The zero-order chi connectivity index (χ0) is 24.3. The second-order valence-corrected chi connectivity index (χ2v) is 15.1. The first-order chi connectivity index (χ1) is 17.1. The number of methoxy groups -OCH3 is 2. The topological polar surface area (TPSA) is 18.5 Å². The molecule has 2 nitrogen and oxygen atoms in total. The van der Waals surface area contributed by atoms with Gasteiger partial charge in [0.15, 0.2) is 0 Å². The van der Waals surface area contributed by atoms with Gasteiger partial charge in [0, 0.05) is 0 Å². The summed E-state index contributed by atoms with van der Waals surface area (Å²) in [5, 5.41) is 5.38. The van der Waals surface area contributed by atoms with Crippen molar-refractivity contribution in [1.29, 1.82) is 0 Å². The number of ether oxygens (including phenoxy) is 2. The van der Waals surface area contributed by atoms with Gasteiger partial charge in [-0.2, -0.15) is 0 Å². The molecule has 0 unspecified atom stereocenters. The molecule has 0 heterocycles. The van der Waals surface area contributed by atoms with E-state index < -0.39 is 5.96 Å². The molecule has 4 heteroatoms. The van der Waals surface area contributed by atoms with E-state index in [2.05, 4.69) is 91.0 Å². The molecule has 5 aromatic rings. The molecule has 0 fully saturated rings. The molecule has 5 rings (SSSR count). The second-order valence-electron chi connectivity index (χ2n) is 8.66. The number of halogens is 1. The molecule has 176 valence electrons. The number of fused-ring (bicyclic) bond motifs is 1. The van der Waals surface area contributed by atoms with Gasteiger partial charge < -0.3 is 0 Å². The molecular weight excluding hydrogens is 471 g/mol. The van der Waals surface area contributed by atoms with Crippen LogP contribution in [-0.2, 0) is 6.16 Å². The number of rotatable bonds is 7. The Balaban J connectivity index is 1.90. The molecule has 0 amide bonds. The third-order valence-corrected chi connectivity index (χ3v) is 14.0. The van der Waals surface area contributed by atoms with Crippen LogP contribution in [0.1, 0.15) is 5.56 Å². The molecule has 0 aliphatic heterocycles. The van der Waals surface area contributed by atoms with E-state index in [1.165, 1.54) is 0 Å². The van der Waals surface area contributed by atoms with Crippen LogP contribution in [0.2, 0.25) is 0 Å².